The highest BCUT2D eigenvalue weighted by Gasteiger charge is 2.16. The summed E-state index contributed by atoms with van der Waals surface area (Å²) in [5.41, 5.74) is 2.81. The molecule has 5 nitrogen and oxygen atoms in total. The molecule has 0 bridgehead atoms. The molecule has 1 aliphatic rings. The van der Waals surface area contributed by atoms with Crippen molar-refractivity contribution in [3.63, 3.8) is 0 Å². The molecule has 1 N–H and O–H groups in total. The van der Waals surface area contributed by atoms with Gasteiger partial charge in [0.05, 0.1) is 30.0 Å². The molecule has 6 heteroatoms. The third-order valence-corrected chi connectivity index (χ3v) is 4.44. The van der Waals surface area contributed by atoms with Crippen molar-refractivity contribution < 1.29 is 9.47 Å². The third-order valence-electron chi connectivity index (χ3n) is 3.95. The number of benzene rings is 2. The van der Waals surface area contributed by atoms with Gasteiger partial charge in [-0.25, -0.2) is 0 Å². The van der Waals surface area contributed by atoms with Crippen molar-refractivity contribution in [2.45, 2.75) is 6.42 Å². The van der Waals surface area contributed by atoms with E-state index in [1.807, 2.05) is 36.4 Å². The monoisotopic (exact) mass is 395 g/mol. The number of ether oxygens (including phenoxy) is 2. The topological polar surface area (TPSA) is 67.2 Å². The maximum absolute atomic E-state index is 9.50. The van der Waals surface area contributed by atoms with Crippen LogP contribution in [-0.4, -0.2) is 18.2 Å². The SMILES string of the molecule is N#Cc1cnc2cc3c(cc2c1Nc1cccc(Br)c1)OCCCO3. The molecule has 0 saturated carbocycles. The van der Waals surface area contributed by atoms with E-state index in [0.717, 1.165) is 27.5 Å². The molecule has 1 aromatic heterocycles. The van der Waals surface area contributed by atoms with Crippen molar-refractivity contribution in [3.8, 4) is 17.6 Å². The minimum absolute atomic E-state index is 0.474. The first-order chi connectivity index (χ1) is 12.2. The van der Waals surface area contributed by atoms with E-state index in [2.05, 4.69) is 32.3 Å². The van der Waals surface area contributed by atoms with Crippen molar-refractivity contribution in [2.24, 2.45) is 0 Å². The van der Waals surface area contributed by atoms with Gasteiger partial charge in [-0.15, -0.1) is 0 Å². The number of halogens is 1. The molecule has 124 valence electrons. The largest absolute Gasteiger partial charge is 0.490 e. The first kappa shape index (κ1) is 15.7. The number of anilines is 2. The molecule has 0 spiro atoms. The van der Waals surface area contributed by atoms with Gasteiger partial charge in [0.1, 0.15) is 6.07 Å². The zero-order chi connectivity index (χ0) is 17.2. The van der Waals surface area contributed by atoms with Crippen molar-refractivity contribution in [2.75, 3.05) is 18.5 Å². The van der Waals surface area contributed by atoms with E-state index >= 15 is 0 Å². The van der Waals surface area contributed by atoms with Crippen LogP contribution in [0.5, 0.6) is 11.5 Å². The number of hydrogen-bond acceptors (Lipinski definition) is 5. The van der Waals surface area contributed by atoms with Crippen molar-refractivity contribution in [3.05, 3.63) is 52.6 Å². The highest BCUT2D eigenvalue weighted by Crippen LogP contribution is 2.38. The third kappa shape index (κ3) is 3.11. The second-order valence-electron chi connectivity index (χ2n) is 5.66. The maximum Gasteiger partial charge on any atom is 0.163 e. The van der Waals surface area contributed by atoms with Crippen molar-refractivity contribution in [1.29, 1.82) is 5.26 Å². The lowest BCUT2D eigenvalue weighted by molar-refractivity contribution is 0.297. The van der Waals surface area contributed by atoms with Gasteiger partial charge >= 0.3 is 0 Å². The molecule has 0 radical (unpaired) electrons. The quantitative estimate of drug-likeness (QED) is 0.676. The zero-order valence-electron chi connectivity index (χ0n) is 13.3. The highest BCUT2D eigenvalue weighted by atomic mass is 79.9. The van der Waals surface area contributed by atoms with Crippen molar-refractivity contribution >= 4 is 38.2 Å². The van der Waals surface area contributed by atoms with Gasteiger partial charge in [-0.2, -0.15) is 5.26 Å². The number of pyridine rings is 1. The van der Waals surface area contributed by atoms with Gasteiger partial charge < -0.3 is 14.8 Å². The van der Waals surface area contributed by atoms with Crippen LogP contribution < -0.4 is 14.8 Å². The standard InChI is InChI=1S/C19H14BrN3O2/c20-13-3-1-4-14(7-13)23-19-12(10-21)11-22-16-9-18-17(8-15(16)19)24-5-2-6-25-18/h1,3-4,7-9,11H,2,5-6H2,(H,22,23). The molecular weight excluding hydrogens is 382 g/mol. The van der Waals surface area contributed by atoms with Gasteiger partial charge in [0.25, 0.3) is 0 Å². The van der Waals surface area contributed by atoms with Gasteiger partial charge in [0.2, 0.25) is 0 Å². The van der Waals surface area contributed by atoms with E-state index in [1.54, 1.807) is 6.20 Å². The van der Waals surface area contributed by atoms with Crippen LogP contribution in [0.25, 0.3) is 10.9 Å². The summed E-state index contributed by atoms with van der Waals surface area (Å²) in [6, 6.07) is 13.7. The molecule has 0 unspecified atom stereocenters. The summed E-state index contributed by atoms with van der Waals surface area (Å²) in [6.07, 6.45) is 2.41. The van der Waals surface area contributed by atoms with E-state index in [-0.39, 0.29) is 0 Å². The lowest BCUT2D eigenvalue weighted by Crippen LogP contribution is -1.98. The van der Waals surface area contributed by atoms with E-state index in [4.69, 9.17) is 9.47 Å². The Morgan fingerprint density at radius 3 is 2.68 bits per heavy atom. The second-order valence-corrected chi connectivity index (χ2v) is 6.58. The van der Waals surface area contributed by atoms with Gasteiger partial charge in [-0.3, -0.25) is 4.98 Å². The summed E-state index contributed by atoms with van der Waals surface area (Å²) >= 11 is 3.46. The van der Waals surface area contributed by atoms with Gasteiger partial charge in [-0.05, 0) is 24.3 Å². The van der Waals surface area contributed by atoms with Crippen LogP contribution in [-0.2, 0) is 0 Å². The summed E-state index contributed by atoms with van der Waals surface area (Å²) in [6.45, 7) is 1.23. The van der Waals surface area contributed by atoms with Gasteiger partial charge in [-0.1, -0.05) is 22.0 Å². The first-order valence-corrected chi connectivity index (χ1v) is 8.69. The van der Waals surface area contributed by atoms with Gasteiger partial charge in [0.15, 0.2) is 11.5 Å². The van der Waals surface area contributed by atoms with Crippen LogP contribution in [0, 0.1) is 11.3 Å². The number of fused-ring (bicyclic) bond motifs is 2. The fourth-order valence-electron chi connectivity index (χ4n) is 2.78. The molecule has 1 aliphatic heterocycles. The Morgan fingerprint density at radius 1 is 1.12 bits per heavy atom. The van der Waals surface area contributed by atoms with Gasteiger partial charge in [0, 0.05) is 34.2 Å². The fourth-order valence-corrected chi connectivity index (χ4v) is 3.18. The number of nitriles is 1. The Hall–Kier alpha value is -2.78. The fraction of sp³-hybridized carbons (Fsp3) is 0.158. The average Bonchev–Trinajstić information content (AvgIpc) is 2.85. The average molecular weight is 396 g/mol. The lowest BCUT2D eigenvalue weighted by Gasteiger charge is -2.14. The number of aromatic nitrogens is 1. The molecular formula is C19H14BrN3O2. The van der Waals surface area contributed by atoms with Crippen LogP contribution >= 0.6 is 15.9 Å². The number of nitrogens with zero attached hydrogens (tertiary/aromatic N) is 2. The summed E-state index contributed by atoms with van der Waals surface area (Å²) in [7, 11) is 0. The number of nitrogens with one attached hydrogen (secondary N) is 1. The highest BCUT2D eigenvalue weighted by molar-refractivity contribution is 9.10. The van der Waals surface area contributed by atoms with Crippen LogP contribution in [0.4, 0.5) is 11.4 Å². The summed E-state index contributed by atoms with van der Waals surface area (Å²) < 4.78 is 12.5. The molecule has 0 atom stereocenters. The summed E-state index contributed by atoms with van der Waals surface area (Å²) in [5.74, 6) is 1.37. The Morgan fingerprint density at radius 2 is 1.92 bits per heavy atom. The van der Waals surface area contributed by atoms with Crippen molar-refractivity contribution in [1.82, 2.24) is 4.98 Å². The molecule has 0 saturated heterocycles. The molecule has 2 heterocycles. The smallest absolute Gasteiger partial charge is 0.163 e. The van der Waals surface area contributed by atoms with Crippen LogP contribution in [0.3, 0.4) is 0 Å². The number of hydrogen-bond donors (Lipinski definition) is 1. The molecule has 0 fully saturated rings. The molecule has 25 heavy (non-hydrogen) atoms. The normalized spacial score (nSPS) is 13.1. The van der Waals surface area contributed by atoms with E-state index in [1.165, 1.54) is 0 Å². The van der Waals surface area contributed by atoms with Crippen LogP contribution in [0.15, 0.2) is 47.1 Å². The Bertz CT molecular complexity index is 998. The Labute approximate surface area is 153 Å². The second kappa shape index (κ2) is 6.61. The Kier molecular flexibility index (Phi) is 4.16. The van der Waals surface area contributed by atoms with E-state index in [9.17, 15) is 5.26 Å². The first-order valence-electron chi connectivity index (χ1n) is 7.89. The molecule has 4 rings (SSSR count). The maximum atomic E-state index is 9.50. The van der Waals surface area contributed by atoms with Crippen LogP contribution in [0.2, 0.25) is 0 Å². The lowest BCUT2D eigenvalue weighted by atomic mass is 10.1. The molecule has 3 aromatic rings. The zero-order valence-corrected chi connectivity index (χ0v) is 14.8. The van der Waals surface area contributed by atoms with E-state index < -0.39 is 0 Å². The Balaban J connectivity index is 1.88. The minimum Gasteiger partial charge on any atom is -0.490 e. The molecule has 0 aliphatic carbocycles. The van der Waals surface area contributed by atoms with Crippen LogP contribution in [0.1, 0.15) is 12.0 Å². The number of rotatable bonds is 2. The minimum atomic E-state index is 0.474. The molecule has 0 amide bonds. The predicted molar refractivity (Wildman–Crippen MR) is 99.5 cm³/mol. The predicted octanol–water partition coefficient (Wildman–Crippen LogP) is 4.77. The summed E-state index contributed by atoms with van der Waals surface area (Å²) in [4.78, 5) is 4.40. The molecule has 2 aromatic carbocycles. The van der Waals surface area contributed by atoms with E-state index in [0.29, 0.717) is 36.0 Å². The summed E-state index contributed by atoms with van der Waals surface area (Å²) in [5, 5.41) is 13.7.